The van der Waals surface area contributed by atoms with Crippen LogP contribution in [0, 0.1) is 13.8 Å². The van der Waals surface area contributed by atoms with Crippen molar-refractivity contribution in [2.24, 2.45) is 0 Å². The van der Waals surface area contributed by atoms with Gasteiger partial charge in [-0.2, -0.15) is 0 Å². The Morgan fingerprint density at radius 1 is 1.29 bits per heavy atom. The number of thiazole rings is 1. The predicted octanol–water partition coefficient (Wildman–Crippen LogP) is 3.89. The van der Waals surface area contributed by atoms with E-state index in [-0.39, 0.29) is 18.2 Å². The van der Waals surface area contributed by atoms with Gasteiger partial charge < -0.3 is 10.2 Å². The van der Waals surface area contributed by atoms with Crippen LogP contribution in [0.15, 0.2) is 30.5 Å². The van der Waals surface area contributed by atoms with Crippen molar-refractivity contribution >= 4 is 39.7 Å². The van der Waals surface area contributed by atoms with E-state index in [1.54, 1.807) is 35.4 Å². The van der Waals surface area contributed by atoms with Gasteiger partial charge in [0.25, 0.3) is 0 Å². The number of nitrogens with one attached hydrogen (secondary N) is 1. The van der Waals surface area contributed by atoms with Gasteiger partial charge in [0.1, 0.15) is 0 Å². The molecule has 2 aromatic heterocycles. The zero-order chi connectivity index (χ0) is 20.4. The Bertz CT molecular complexity index is 1010. The van der Waals surface area contributed by atoms with E-state index in [1.165, 1.54) is 11.8 Å². The minimum Gasteiger partial charge on any atom is -0.349 e. The highest BCUT2D eigenvalue weighted by Crippen LogP contribution is 2.23. The van der Waals surface area contributed by atoms with Crippen molar-refractivity contribution in [3.05, 3.63) is 57.3 Å². The van der Waals surface area contributed by atoms with E-state index >= 15 is 0 Å². The number of hydrogen-bond acceptors (Lipinski definition) is 4. The van der Waals surface area contributed by atoms with Crippen molar-refractivity contribution in [1.29, 1.82) is 0 Å². The van der Waals surface area contributed by atoms with Crippen LogP contribution in [0.25, 0.3) is 4.96 Å². The summed E-state index contributed by atoms with van der Waals surface area (Å²) in [6.45, 7) is 5.89. The van der Waals surface area contributed by atoms with Gasteiger partial charge in [-0.3, -0.25) is 14.0 Å². The summed E-state index contributed by atoms with van der Waals surface area (Å²) in [5.74, 6) is -0.243. The van der Waals surface area contributed by atoms with Gasteiger partial charge >= 0.3 is 0 Å². The normalized spacial score (nSPS) is 12.2. The number of rotatable bonds is 6. The van der Waals surface area contributed by atoms with Gasteiger partial charge in [-0.25, -0.2) is 4.98 Å². The van der Waals surface area contributed by atoms with Crippen LogP contribution >= 0.6 is 22.9 Å². The van der Waals surface area contributed by atoms with E-state index in [0.29, 0.717) is 11.6 Å². The lowest BCUT2D eigenvalue weighted by Crippen LogP contribution is -2.33. The van der Waals surface area contributed by atoms with E-state index < -0.39 is 6.04 Å². The highest BCUT2D eigenvalue weighted by Gasteiger charge is 2.21. The standard InChI is InChI=1S/C20H23ClN4O2S/c1-12-10-25-18(13(2)22-20(25)28-12)11-24(4)19(27)9-17(23-14(3)26)15-5-7-16(21)8-6-15/h5-8,10,17H,9,11H2,1-4H3,(H,23,26). The highest BCUT2D eigenvalue weighted by molar-refractivity contribution is 7.17. The first kappa shape index (κ1) is 20.4. The van der Waals surface area contributed by atoms with Crippen LogP contribution in [0.2, 0.25) is 5.02 Å². The molecule has 1 atom stereocenters. The average molecular weight is 419 g/mol. The predicted molar refractivity (Wildman–Crippen MR) is 112 cm³/mol. The molecule has 3 aromatic rings. The summed E-state index contributed by atoms with van der Waals surface area (Å²) in [5.41, 5.74) is 2.76. The fourth-order valence-electron chi connectivity index (χ4n) is 3.14. The first-order chi connectivity index (χ1) is 13.2. The van der Waals surface area contributed by atoms with E-state index in [1.807, 2.05) is 36.6 Å². The third-order valence-corrected chi connectivity index (χ3v) is 5.73. The molecule has 2 heterocycles. The summed E-state index contributed by atoms with van der Waals surface area (Å²) in [7, 11) is 1.77. The molecule has 1 aromatic carbocycles. The van der Waals surface area contributed by atoms with E-state index in [2.05, 4.69) is 10.3 Å². The van der Waals surface area contributed by atoms with Crippen LogP contribution in [0.5, 0.6) is 0 Å². The lowest BCUT2D eigenvalue weighted by molar-refractivity contribution is -0.131. The molecule has 1 N–H and O–H groups in total. The Labute approximate surface area is 173 Å². The zero-order valence-corrected chi connectivity index (χ0v) is 17.9. The molecule has 0 bridgehead atoms. The number of amides is 2. The van der Waals surface area contributed by atoms with Crippen LogP contribution < -0.4 is 5.32 Å². The third-order valence-electron chi connectivity index (χ3n) is 4.58. The molecule has 0 saturated carbocycles. The summed E-state index contributed by atoms with van der Waals surface area (Å²) >= 11 is 7.58. The number of carbonyl (C=O) groups is 2. The number of hydrogen-bond donors (Lipinski definition) is 1. The fourth-order valence-corrected chi connectivity index (χ4v) is 4.15. The summed E-state index contributed by atoms with van der Waals surface area (Å²) in [5, 5.41) is 3.47. The second kappa shape index (κ2) is 8.32. The average Bonchev–Trinajstić information content (AvgIpc) is 3.10. The van der Waals surface area contributed by atoms with Crippen LogP contribution in [0.3, 0.4) is 0 Å². The smallest absolute Gasteiger partial charge is 0.225 e. The lowest BCUT2D eigenvalue weighted by atomic mass is 10.0. The SMILES string of the molecule is CC(=O)NC(CC(=O)N(C)Cc1c(C)nc2sc(C)cn12)c1ccc(Cl)cc1. The quantitative estimate of drug-likeness (QED) is 0.660. The first-order valence-electron chi connectivity index (χ1n) is 8.95. The monoisotopic (exact) mass is 418 g/mol. The molecule has 0 aliphatic carbocycles. The topological polar surface area (TPSA) is 66.7 Å². The van der Waals surface area contributed by atoms with Crippen molar-refractivity contribution in [2.45, 2.75) is 39.8 Å². The Hall–Kier alpha value is -2.38. The molecule has 0 aliphatic rings. The maximum absolute atomic E-state index is 12.9. The van der Waals surface area contributed by atoms with Crippen molar-refractivity contribution < 1.29 is 9.59 Å². The summed E-state index contributed by atoms with van der Waals surface area (Å²) in [6, 6.07) is 6.76. The lowest BCUT2D eigenvalue weighted by Gasteiger charge is -2.23. The van der Waals surface area contributed by atoms with Crippen molar-refractivity contribution in [3.8, 4) is 0 Å². The number of imidazole rings is 1. The molecule has 8 heteroatoms. The van der Waals surface area contributed by atoms with Gasteiger partial charge in [0.05, 0.1) is 30.4 Å². The van der Waals surface area contributed by atoms with Gasteiger partial charge in [-0.15, -0.1) is 11.3 Å². The van der Waals surface area contributed by atoms with Crippen molar-refractivity contribution in [3.63, 3.8) is 0 Å². The molecule has 3 rings (SSSR count). The Morgan fingerprint density at radius 2 is 1.96 bits per heavy atom. The second-order valence-electron chi connectivity index (χ2n) is 6.90. The number of benzene rings is 1. The minimum absolute atomic E-state index is 0.0602. The van der Waals surface area contributed by atoms with Crippen molar-refractivity contribution in [2.75, 3.05) is 7.05 Å². The molecule has 28 heavy (non-hydrogen) atoms. The number of halogens is 1. The maximum Gasteiger partial charge on any atom is 0.225 e. The van der Waals surface area contributed by atoms with Crippen LogP contribution in [-0.2, 0) is 16.1 Å². The third kappa shape index (κ3) is 4.54. The van der Waals surface area contributed by atoms with E-state index in [9.17, 15) is 9.59 Å². The Kier molecular flexibility index (Phi) is 6.05. The number of aromatic nitrogens is 2. The van der Waals surface area contributed by atoms with E-state index in [0.717, 1.165) is 21.9 Å². The van der Waals surface area contributed by atoms with Gasteiger partial charge in [0.15, 0.2) is 4.96 Å². The zero-order valence-electron chi connectivity index (χ0n) is 16.3. The molecule has 148 valence electrons. The molecule has 2 amide bonds. The number of nitrogens with zero attached hydrogens (tertiary/aromatic N) is 3. The van der Waals surface area contributed by atoms with Crippen LogP contribution in [0.1, 0.15) is 41.2 Å². The maximum atomic E-state index is 12.9. The molecule has 0 radical (unpaired) electrons. The Morgan fingerprint density at radius 3 is 2.61 bits per heavy atom. The highest BCUT2D eigenvalue weighted by atomic mass is 35.5. The summed E-state index contributed by atoms with van der Waals surface area (Å²) in [6.07, 6.45) is 2.21. The fraction of sp³-hybridized carbons (Fsp3) is 0.350. The van der Waals surface area contributed by atoms with Gasteiger partial charge in [-0.05, 0) is 31.5 Å². The first-order valence-corrected chi connectivity index (χ1v) is 10.1. The molecule has 1 unspecified atom stereocenters. The number of fused-ring (bicyclic) bond motifs is 1. The summed E-state index contributed by atoms with van der Waals surface area (Å²) < 4.78 is 2.05. The summed E-state index contributed by atoms with van der Waals surface area (Å²) in [4.78, 5) is 32.9. The van der Waals surface area contributed by atoms with Crippen molar-refractivity contribution in [1.82, 2.24) is 19.6 Å². The molecule has 6 nitrogen and oxygen atoms in total. The van der Waals surface area contributed by atoms with Gasteiger partial charge in [0, 0.05) is 30.1 Å². The second-order valence-corrected chi connectivity index (χ2v) is 8.55. The van der Waals surface area contributed by atoms with Gasteiger partial charge in [0.2, 0.25) is 11.8 Å². The Balaban J connectivity index is 1.75. The molecular weight excluding hydrogens is 396 g/mol. The molecule has 0 saturated heterocycles. The molecule has 0 aliphatic heterocycles. The van der Waals surface area contributed by atoms with Gasteiger partial charge in [-0.1, -0.05) is 23.7 Å². The molecular formula is C20H23ClN4O2S. The van der Waals surface area contributed by atoms with E-state index in [4.69, 9.17) is 11.6 Å². The number of aryl methyl sites for hydroxylation is 2. The molecule has 0 spiro atoms. The van der Waals surface area contributed by atoms with Crippen LogP contribution in [0.4, 0.5) is 0 Å². The minimum atomic E-state index is -0.403. The number of carbonyl (C=O) groups excluding carboxylic acids is 2. The largest absolute Gasteiger partial charge is 0.349 e. The van der Waals surface area contributed by atoms with Crippen LogP contribution in [-0.4, -0.2) is 33.1 Å². The molecule has 0 fully saturated rings.